The number of thiophene rings is 1. The molecule has 1 N–H and O–H groups in total. The van der Waals surface area contributed by atoms with Crippen LogP contribution in [-0.4, -0.2) is 18.5 Å². The van der Waals surface area contributed by atoms with Crippen molar-refractivity contribution in [2.75, 3.05) is 11.9 Å². The predicted molar refractivity (Wildman–Crippen MR) is 96.5 cm³/mol. The van der Waals surface area contributed by atoms with Crippen LogP contribution >= 0.6 is 11.3 Å². The number of aryl methyl sites for hydroxylation is 2. The van der Waals surface area contributed by atoms with E-state index in [0.29, 0.717) is 17.2 Å². The molecule has 24 heavy (non-hydrogen) atoms. The van der Waals surface area contributed by atoms with Crippen LogP contribution in [0.3, 0.4) is 0 Å². The normalized spacial score (nSPS) is 13.6. The quantitative estimate of drug-likeness (QED) is 0.810. The number of carbonyl (C=O) groups excluding carboxylic acids is 2. The summed E-state index contributed by atoms with van der Waals surface area (Å²) >= 11 is 1.43. The van der Waals surface area contributed by atoms with Crippen LogP contribution in [0.1, 0.15) is 40.6 Å². The number of hydrogen-bond acceptors (Lipinski definition) is 4. The first-order valence-electron chi connectivity index (χ1n) is 8.19. The fourth-order valence-electron chi connectivity index (χ4n) is 2.66. The fraction of sp³-hybridized carbons (Fsp3) is 0.368. The minimum atomic E-state index is -0.386. The lowest BCUT2D eigenvalue weighted by molar-refractivity contribution is -0.117. The maximum atomic E-state index is 12.5. The number of hydrogen-bond donors (Lipinski definition) is 1. The van der Waals surface area contributed by atoms with Gasteiger partial charge in [-0.1, -0.05) is 29.8 Å². The number of rotatable bonds is 5. The standard InChI is InChI=1S/C19H21NO3S/c1-4-23-19(22)16-15(13-7-5-11(2)6-8-13)12(3)24-18(16)20-17(21)14-9-10-14/h5-8,14H,4,9-10H2,1-3H3,(H,20,21). The van der Waals surface area contributed by atoms with Gasteiger partial charge in [-0.15, -0.1) is 11.3 Å². The number of amides is 1. The SMILES string of the molecule is CCOC(=O)c1c(NC(=O)C2CC2)sc(C)c1-c1ccc(C)cc1. The van der Waals surface area contributed by atoms with E-state index in [2.05, 4.69) is 5.32 Å². The van der Waals surface area contributed by atoms with Crippen LogP contribution in [0.5, 0.6) is 0 Å². The molecule has 1 aromatic carbocycles. The van der Waals surface area contributed by atoms with Crippen molar-refractivity contribution >= 4 is 28.2 Å². The van der Waals surface area contributed by atoms with Crippen molar-refractivity contribution in [3.63, 3.8) is 0 Å². The topological polar surface area (TPSA) is 55.4 Å². The Morgan fingerprint density at radius 3 is 2.46 bits per heavy atom. The number of benzene rings is 1. The summed E-state index contributed by atoms with van der Waals surface area (Å²) in [4.78, 5) is 25.7. The molecule has 0 unspecified atom stereocenters. The van der Waals surface area contributed by atoms with Gasteiger partial charge in [0.15, 0.2) is 0 Å². The van der Waals surface area contributed by atoms with E-state index in [1.165, 1.54) is 11.3 Å². The molecular formula is C19H21NO3S. The second kappa shape index (κ2) is 6.77. The maximum Gasteiger partial charge on any atom is 0.341 e. The number of nitrogens with one attached hydrogen (secondary N) is 1. The Labute approximate surface area is 145 Å². The molecule has 1 aromatic heterocycles. The second-order valence-electron chi connectivity index (χ2n) is 6.09. The highest BCUT2D eigenvalue weighted by Gasteiger charge is 2.32. The number of ether oxygens (including phenoxy) is 1. The Kier molecular flexibility index (Phi) is 4.71. The lowest BCUT2D eigenvalue weighted by Crippen LogP contribution is -2.15. The van der Waals surface area contributed by atoms with E-state index in [1.807, 2.05) is 38.1 Å². The van der Waals surface area contributed by atoms with E-state index in [4.69, 9.17) is 4.74 Å². The number of esters is 1. The first-order chi connectivity index (χ1) is 11.5. The first-order valence-corrected chi connectivity index (χ1v) is 9.01. The van der Waals surface area contributed by atoms with Gasteiger partial charge in [0, 0.05) is 16.4 Å². The molecule has 2 aromatic rings. The van der Waals surface area contributed by atoms with Crippen molar-refractivity contribution in [1.29, 1.82) is 0 Å². The minimum absolute atomic E-state index is 0.00254. The van der Waals surface area contributed by atoms with Gasteiger partial charge in [0.2, 0.25) is 5.91 Å². The van der Waals surface area contributed by atoms with Crippen molar-refractivity contribution in [2.45, 2.75) is 33.6 Å². The third-order valence-electron chi connectivity index (χ3n) is 4.09. The summed E-state index contributed by atoms with van der Waals surface area (Å²) in [5.74, 6) is -0.300. The molecule has 1 saturated carbocycles. The second-order valence-corrected chi connectivity index (χ2v) is 7.31. The Balaban J connectivity index is 2.05. The Bertz CT molecular complexity index is 773. The molecule has 0 bridgehead atoms. The van der Waals surface area contributed by atoms with E-state index in [0.717, 1.165) is 34.4 Å². The van der Waals surface area contributed by atoms with Crippen molar-refractivity contribution in [1.82, 2.24) is 0 Å². The van der Waals surface area contributed by atoms with Gasteiger partial charge in [-0.05, 0) is 39.2 Å². The van der Waals surface area contributed by atoms with Gasteiger partial charge in [0.05, 0.1) is 6.61 Å². The largest absolute Gasteiger partial charge is 0.462 e. The highest BCUT2D eigenvalue weighted by Crippen LogP contribution is 2.41. The van der Waals surface area contributed by atoms with Crippen LogP contribution in [0.2, 0.25) is 0 Å². The summed E-state index contributed by atoms with van der Waals surface area (Å²) in [6.45, 7) is 6.08. The summed E-state index contributed by atoms with van der Waals surface area (Å²) in [6, 6.07) is 8.03. The highest BCUT2D eigenvalue weighted by molar-refractivity contribution is 7.17. The van der Waals surface area contributed by atoms with Gasteiger partial charge < -0.3 is 10.1 Å². The van der Waals surface area contributed by atoms with Crippen LogP contribution < -0.4 is 5.32 Å². The lowest BCUT2D eigenvalue weighted by Gasteiger charge is -2.09. The summed E-state index contributed by atoms with van der Waals surface area (Å²) in [5, 5.41) is 3.53. The van der Waals surface area contributed by atoms with Crippen molar-refractivity contribution in [3.8, 4) is 11.1 Å². The predicted octanol–water partition coefficient (Wildman–Crippen LogP) is 4.56. The van der Waals surface area contributed by atoms with Crippen molar-refractivity contribution in [2.24, 2.45) is 5.92 Å². The average Bonchev–Trinajstić information content (AvgIpc) is 3.33. The third kappa shape index (κ3) is 3.36. The highest BCUT2D eigenvalue weighted by atomic mass is 32.1. The van der Waals surface area contributed by atoms with Gasteiger partial charge in [-0.2, -0.15) is 0 Å². The molecule has 0 saturated heterocycles. The lowest BCUT2D eigenvalue weighted by atomic mass is 10.0. The van der Waals surface area contributed by atoms with E-state index in [1.54, 1.807) is 6.92 Å². The number of carbonyl (C=O) groups is 2. The van der Waals surface area contributed by atoms with Crippen LogP contribution in [-0.2, 0) is 9.53 Å². The van der Waals surface area contributed by atoms with E-state index in [9.17, 15) is 9.59 Å². The zero-order chi connectivity index (χ0) is 17.3. The van der Waals surface area contributed by atoms with Gasteiger partial charge in [0.25, 0.3) is 0 Å². The van der Waals surface area contributed by atoms with E-state index >= 15 is 0 Å². The molecule has 126 valence electrons. The molecule has 1 fully saturated rings. The Morgan fingerprint density at radius 2 is 1.88 bits per heavy atom. The van der Waals surface area contributed by atoms with Crippen molar-refractivity contribution in [3.05, 3.63) is 40.3 Å². The van der Waals surface area contributed by atoms with Crippen LogP contribution in [0.25, 0.3) is 11.1 Å². The van der Waals surface area contributed by atoms with E-state index < -0.39 is 0 Å². The van der Waals surface area contributed by atoms with Gasteiger partial charge >= 0.3 is 5.97 Å². The molecule has 0 spiro atoms. The minimum Gasteiger partial charge on any atom is -0.462 e. The molecule has 3 rings (SSSR count). The summed E-state index contributed by atoms with van der Waals surface area (Å²) in [7, 11) is 0. The fourth-order valence-corrected chi connectivity index (χ4v) is 3.73. The molecule has 1 heterocycles. The van der Waals surface area contributed by atoms with Gasteiger partial charge in [0.1, 0.15) is 10.6 Å². The molecule has 1 amide bonds. The molecule has 1 aliphatic carbocycles. The summed E-state index contributed by atoms with van der Waals surface area (Å²) < 4.78 is 5.24. The van der Waals surface area contributed by atoms with Gasteiger partial charge in [-0.25, -0.2) is 4.79 Å². The average molecular weight is 343 g/mol. The zero-order valence-corrected chi connectivity index (χ0v) is 15.0. The van der Waals surface area contributed by atoms with Crippen LogP contribution in [0.15, 0.2) is 24.3 Å². The molecule has 4 nitrogen and oxygen atoms in total. The zero-order valence-electron chi connectivity index (χ0n) is 14.1. The van der Waals surface area contributed by atoms with Gasteiger partial charge in [-0.3, -0.25) is 4.79 Å². The molecular weight excluding hydrogens is 322 g/mol. The molecule has 0 atom stereocenters. The third-order valence-corrected chi connectivity index (χ3v) is 5.11. The summed E-state index contributed by atoms with van der Waals surface area (Å²) in [6.07, 6.45) is 1.85. The maximum absolute atomic E-state index is 12.5. The molecule has 5 heteroatoms. The Morgan fingerprint density at radius 1 is 1.21 bits per heavy atom. The molecule has 0 aliphatic heterocycles. The first kappa shape index (κ1) is 16.7. The summed E-state index contributed by atoms with van der Waals surface area (Å²) in [5.41, 5.74) is 3.44. The molecule has 1 aliphatic rings. The van der Waals surface area contributed by atoms with Crippen LogP contribution in [0, 0.1) is 19.8 Å². The van der Waals surface area contributed by atoms with Crippen LogP contribution in [0.4, 0.5) is 5.00 Å². The number of anilines is 1. The van der Waals surface area contributed by atoms with Crippen molar-refractivity contribution < 1.29 is 14.3 Å². The molecule has 0 radical (unpaired) electrons. The van der Waals surface area contributed by atoms with E-state index in [-0.39, 0.29) is 17.8 Å². The Hall–Kier alpha value is -2.14. The smallest absolute Gasteiger partial charge is 0.341 e. The monoisotopic (exact) mass is 343 g/mol.